The fraction of sp³-hybridized carbons (Fsp3) is 0.583. The molecule has 88 valence electrons. The molecule has 16 heavy (non-hydrogen) atoms. The van der Waals surface area contributed by atoms with E-state index in [-0.39, 0.29) is 17.8 Å². The first kappa shape index (κ1) is 11.5. The maximum atomic E-state index is 11.8. The van der Waals surface area contributed by atoms with Crippen LogP contribution in [0.3, 0.4) is 0 Å². The molecule has 1 atom stereocenters. The molecule has 4 heteroatoms. The van der Waals surface area contributed by atoms with Gasteiger partial charge in [0.05, 0.1) is 6.04 Å². The van der Waals surface area contributed by atoms with Crippen molar-refractivity contribution in [3.63, 3.8) is 0 Å². The van der Waals surface area contributed by atoms with Gasteiger partial charge in [0.2, 0.25) is 5.91 Å². The predicted molar refractivity (Wildman–Crippen MR) is 64.5 cm³/mol. The van der Waals surface area contributed by atoms with Gasteiger partial charge in [-0.05, 0) is 18.6 Å². The van der Waals surface area contributed by atoms with Crippen molar-refractivity contribution >= 4 is 17.5 Å². The average Bonchev–Trinajstić information content (AvgIpc) is 2.77. The quantitative estimate of drug-likeness (QED) is 0.745. The second-order valence-electron chi connectivity index (χ2n) is 4.15. The molecule has 1 aromatic rings. The SMILES string of the molecule is CCCC1c2cccn2CCN1C(=O)CCl. The van der Waals surface area contributed by atoms with Gasteiger partial charge < -0.3 is 9.47 Å². The summed E-state index contributed by atoms with van der Waals surface area (Å²) >= 11 is 5.65. The van der Waals surface area contributed by atoms with E-state index in [9.17, 15) is 4.79 Å². The molecule has 0 bridgehead atoms. The molecule has 1 aliphatic heterocycles. The van der Waals surface area contributed by atoms with Gasteiger partial charge in [-0.25, -0.2) is 0 Å². The third-order valence-corrected chi connectivity index (χ3v) is 3.39. The molecule has 3 nitrogen and oxygen atoms in total. The number of alkyl halides is 1. The molecule has 0 saturated heterocycles. The van der Waals surface area contributed by atoms with Crippen molar-refractivity contribution in [1.82, 2.24) is 9.47 Å². The first-order valence-corrected chi connectivity index (χ1v) is 6.31. The Hall–Kier alpha value is -0.960. The van der Waals surface area contributed by atoms with Gasteiger partial charge in [0, 0.05) is 25.0 Å². The number of nitrogens with zero attached hydrogens (tertiary/aromatic N) is 2. The van der Waals surface area contributed by atoms with Crippen molar-refractivity contribution in [3.05, 3.63) is 24.0 Å². The number of carbonyl (C=O) groups is 1. The molecule has 0 N–H and O–H groups in total. The summed E-state index contributed by atoms with van der Waals surface area (Å²) in [6, 6.07) is 4.36. The summed E-state index contributed by atoms with van der Waals surface area (Å²) in [6.45, 7) is 3.80. The van der Waals surface area contributed by atoms with Crippen molar-refractivity contribution < 1.29 is 4.79 Å². The van der Waals surface area contributed by atoms with Crippen LogP contribution in [0.2, 0.25) is 0 Å². The van der Waals surface area contributed by atoms with E-state index in [0.717, 1.165) is 25.9 Å². The molecular weight excluding hydrogens is 224 g/mol. The van der Waals surface area contributed by atoms with E-state index in [1.807, 2.05) is 11.0 Å². The highest BCUT2D eigenvalue weighted by atomic mass is 35.5. The summed E-state index contributed by atoms with van der Waals surface area (Å²) < 4.78 is 2.23. The summed E-state index contributed by atoms with van der Waals surface area (Å²) in [6.07, 6.45) is 4.16. The first-order valence-electron chi connectivity index (χ1n) is 5.78. The molecule has 2 heterocycles. The Morgan fingerprint density at radius 1 is 1.56 bits per heavy atom. The lowest BCUT2D eigenvalue weighted by Gasteiger charge is -2.36. The Morgan fingerprint density at radius 2 is 2.38 bits per heavy atom. The minimum atomic E-state index is 0.0487. The van der Waals surface area contributed by atoms with E-state index in [1.165, 1.54) is 5.69 Å². The van der Waals surface area contributed by atoms with Crippen LogP contribution >= 0.6 is 11.6 Å². The second kappa shape index (κ2) is 4.91. The van der Waals surface area contributed by atoms with Crippen molar-refractivity contribution in [2.75, 3.05) is 12.4 Å². The Bertz CT molecular complexity index is 375. The fourth-order valence-electron chi connectivity index (χ4n) is 2.42. The Morgan fingerprint density at radius 3 is 3.06 bits per heavy atom. The smallest absolute Gasteiger partial charge is 0.238 e. The molecule has 2 rings (SSSR count). The number of carbonyl (C=O) groups excluding carboxylic acids is 1. The van der Waals surface area contributed by atoms with Crippen molar-refractivity contribution in [2.45, 2.75) is 32.4 Å². The van der Waals surface area contributed by atoms with Gasteiger partial charge in [-0.15, -0.1) is 11.6 Å². The minimum Gasteiger partial charge on any atom is -0.348 e. The lowest BCUT2D eigenvalue weighted by atomic mass is 10.0. The summed E-state index contributed by atoms with van der Waals surface area (Å²) in [4.78, 5) is 13.7. The topological polar surface area (TPSA) is 25.2 Å². The number of fused-ring (bicyclic) bond motifs is 1. The largest absolute Gasteiger partial charge is 0.348 e. The first-order chi connectivity index (χ1) is 7.77. The highest BCUT2D eigenvalue weighted by Gasteiger charge is 2.29. The molecule has 0 saturated carbocycles. The van der Waals surface area contributed by atoms with E-state index >= 15 is 0 Å². The van der Waals surface area contributed by atoms with Gasteiger partial charge in [-0.3, -0.25) is 4.79 Å². The highest BCUT2D eigenvalue weighted by Crippen LogP contribution is 2.29. The number of halogens is 1. The molecule has 1 unspecified atom stereocenters. The molecule has 0 aromatic carbocycles. The standard InChI is InChI=1S/C12H17ClN2O/c1-2-4-11-10-5-3-6-14(10)7-8-15(11)12(16)9-13/h3,5-6,11H,2,4,7-9H2,1H3. The summed E-state index contributed by atoms with van der Waals surface area (Å²) in [7, 11) is 0. The Balaban J connectivity index is 2.26. The van der Waals surface area contributed by atoms with Crippen LogP contribution in [0.15, 0.2) is 18.3 Å². The molecular formula is C12H17ClN2O. The van der Waals surface area contributed by atoms with Crippen LogP contribution in [0.5, 0.6) is 0 Å². The molecule has 1 aliphatic rings. The Kier molecular flexibility index (Phi) is 3.54. The molecule has 0 radical (unpaired) electrons. The summed E-state index contributed by atoms with van der Waals surface area (Å²) in [5.74, 6) is 0.133. The van der Waals surface area contributed by atoms with Crippen LogP contribution in [0.1, 0.15) is 31.5 Å². The molecule has 0 fully saturated rings. The van der Waals surface area contributed by atoms with Gasteiger partial charge in [-0.1, -0.05) is 13.3 Å². The van der Waals surface area contributed by atoms with Crippen molar-refractivity contribution in [2.24, 2.45) is 0 Å². The average molecular weight is 241 g/mol. The second-order valence-corrected chi connectivity index (χ2v) is 4.42. The number of rotatable bonds is 3. The summed E-state index contributed by atoms with van der Waals surface area (Å²) in [5, 5.41) is 0. The number of hydrogen-bond acceptors (Lipinski definition) is 1. The molecule has 1 aromatic heterocycles. The van der Waals surface area contributed by atoms with Gasteiger partial charge >= 0.3 is 0 Å². The number of amides is 1. The summed E-state index contributed by atoms with van der Waals surface area (Å²) in [5.41, 5.74) is 1.24. The molecule has 0 aliphatic carbocycles. The number of hydrogen-bond donors (Lipinski definition) is 0. The van der Waals surface area contributed by atoms with Gasteiger partial charge in [0.1, 0.15) is 5.88 Å². The van der Waals surface area contributed by atoms with E-state index in [2.05, 4.69) is 23.8 Å². The lowest BCUT2D eigenvalue weighted by molar-refractivity contribution is -0.132. The van der Waals surface area contributed by atoms with Crippen LogP contribution in [0.25, 0.3) is 0 Å². The van der Waals surface area contributed by atoms with Crippen molar-refractivity contribution in [3.8, 4) is 0 Å². The van der Waals surface area contributed by atoms with E-state index in [0.29, 0.717) is 0 Å². The van der Waals surface area contributed by atoms with Crippen LogP contribution in [-0.2, 0) is 11.3 Å². The highest BCUT2D eigenvalue weighted by molar-refractivity contribution is 6.27. The zero-order valence-corrected chi connectivity index (χ0v) is 10.3. The molecule has 1 amide bonds. The lowest BCUT2D eigenvalue weighted by Crippen LogP contribution is -2.42. The third-order valence-electron chi connectivity index (χ3n) is 3.16. The van der Waals surface area contributed by atoms with E-state index in [4.69, 9.17) is 11.6 Å². The van der Waals surface area contributed by atoms with Crippen LogP contribution in [0.4, 0.5) is 0 Å². The fourth-order valence-corrected chi connectivity index (χ4v) is 2.57. The van der Waals surface area contributed by atoms with Gasteiger partial charge in [0.15, 0.2) is 0 Å². The number of aromatic nitrogens is 1. The van der Waals surface area contributed by atoms with Gasteiger partial charge in [-0.2, -0.15) is 0 Å². The van der Waals surface area contributed by atoms with E-state index < -0.39 is 0 Å². The Labute approximate surface area is 101 Å². The normalized spacial score (nSPS) is 19.6. The van der Waals surface area contributed by atoms with Crippen LogP contribution in [0, 0.1) is 0 Å². The predicted octanol–water partition coefficient (Wildman–Crippen LogP) is 2.41. The maximum Gasteiger partial charge on any atom is 0.238 e. The van der Waals surface area contributed by atoms with E-state index in [1.54, 1.807) is 0 Å². The zero-order valence-electron chi connectivity index (χ0n) is 9.53. The third kappa shape index (κ3) is 1.96. The molecule has 0 spiro atoms. The zero-order chi connectivity index (χ0) is 11.5. The maximum absolute atomic E-state index is 11.8. The van der Waals surface area contributed by atoms with Crippen molar-refractivity contribution in [1.29, 1.82) is 0 Å². The monoisotopic (exact) mass is 240 g/mol. The van der Waals surface area contributed by atoms with Crippen LogP contribution in [-0.4, -0.2) is 27.8 Å². The minimum absolute atomic E-state index is 0.0487. The van der Waals surface area contributed by atoms with Gasteiger partial charge in [0.25, 0.3) is 0 Å². The van der Waals surface area contributed by atoms with Crippen LogP contribution < -0.4 is 0 Å².